The van der Waals surface area contributed by atoms with Crippen molar-refractivity contribution in [2.24, 2.45) is 0 Å². The maximum Gasteiger partial charge on any atom is 0.307 e. The number of aryl methyl sites for hydroxylation is 2. The molecular formula is C24H26N6O2. The van der Waals surface area contributed by atoms with Crippen molar-refractivity contribution in [1.82, 2.24) is 20.3 Å². The molecule has 0 aliphatic carbocycles. The summed E-state index contributed by atoms with van der Waals surface area (Å²) in [7, 11) is 1.82. The summed E-state index contributed by atoms with van der Waals surface area (Å²) >= 11 is 0. The van der Waals surface area contributed by atoms with Crippen LogP contribution >= 0.6 is 0 Å². The second kappa shape index (κ2) is 9.05. The summed E-state index contributed by atoms with van der Waals surface area (Å²) < 4.78 is 1.95. The van der Waals surface area contributed by atoms with Crippen molar-refractivity contribution in [3.05, 3.63) is 71.0 Å². The fraction of sp³-hybridized carbons (Fsp3) is 0.250. The van der Waals surface area contributed by atoms with Gasteiger partial charge in [0.15, 0.2) is 0 Å². The zero-order valence-electron chi connectivity index (χ0n) is 18.1. The van der Waals surface area contributed by atoms with Crippen molar-refractivity contribution in [1.29, 1.82) is 5.41 Å². The van der Waals surface area contributed by atoms with E-state index in [1.54, 1.807) is 0 Å². The number of aromatic nitrogens is 3. The van der Waals surface area contributed by atoms with Gasteiger partial charge in [-0.05, 0) is 48.2 Å². The minimum Gasteiger partial charge on any atom is -0.481 e. The maximum absolute atomic E-state index is 11.0. The highest BCUT2D eigenvalue weighted by molar-refractivity contribution is 6.08. The first kappa shape index (κ1) is 21.3. The van der Waals surface area contributed by atoms with Gasteiger partial charge in [-0.3, -0.25) is 4.79 Å². The van der Waals surface area contributed by atoms with Crippen LogP contribution in [0.25, 0.3) is 16.8 Å². The van der Waals surface area contributed by atoms with Crippen LogP contribution in [-0.4, -0.2) is 39.3 Å². The lowest BCUT2D eigenvalue weighted by Gasteiger charge is -2.22. The quantitative estimate of drug-likeness (QED) is 0.425. The highest BCUT2D eigenvalue weighted by atomic mass is 16.4. The normalized spacial score (nSPS) is 15.3. The summed E-state index contributed by atoms with van der Waals surface area (Å²) in [5.74, 6) is -0.842. The number of carboxylic acid groups (broad SMARTS) is 1. The molecule has 0 saturated heterocycles. The van der Waals surface area contributed by atoms with Crippen molar-refractivity contribution in [2.75, 3.05) is 12.4 Å². The van der Waals surface area contributed by atoms with Gasteiger partial charge in [0.25, 0.3) is 0 Å². The molecule has 2 heterocycles. The number of benzene rings is 2. The molecule has 0 radical (unpaired) electrons. The molecule has 1 aliphatic heterocycles. The highest BCUT2D eigenvalue weighted by Crippen LogP contribution is 2.38. The molecule has 0 spiro atoms. The molecule has 1 aromatic heterocycles. The van der Waals surface area contributed by atoms with E-state index in [4.69, 9.17) is 10.5 Å². The number of nitrogens with one attached hydrogen (secondary N) is 3. The molecule has 4 N–H and O–H groups in total. The Balaban J connectivity index is 1.74. The minimum atomic E-state index is -0.842. The number of hydrogen-bond acceptors (Lipinski definition) is 6. The molecule has 32 heavy (non-hydrogen) atoms. The third-order valence-electron chi connectivity index (χ3n) is 5.65. The third-order valence-corrected chi connectivity index (χ3v) is 5.65. The van der Waals surface area contributed by atoms with E-state index in [1.165, 1.54) is 6.21 Å². The first-order valence-electron chi connectivity index (χ1n) is 10.5. The maximum atomic E-state index is 11.0. The standard InChI is InChI=1S/C24H26N6O2/c1-15-24-20-8-5-17(18(13-25)14-26-2)12-21(20)22(9-10-30(24)29-28-15)27-19-6-3-16(4-7-19)11-23(31)32/h3-8,12-14,22,25-27H,9-11H2,1-2H3,(H,31,32)/b18-14+,25-13?. The monoisotopic (exact) mass is 430 g/mol. The number of nitrogens with zero attached hydrogens (tertiary/aromatic N) is 3. The molecule has 0 fully saturated rings. The molecule has 8 heteroatoms. The smallest absolute Gasteiger partial charge is 0.307 e. The van der Waals surface area contributed by atoms with E-state index in [9.17, 15) is 4.79 Å². The van der Waals surface area contributed by atoms with Crippen LogP contribution in [0.15, 0.2) is 48.7 Å². The van der Waals surface area contributed by atoms with Crippen LogP contribution in [0.2, 0.25) is 0 Å². The van der Waals surface area contributed by atoms with E-state index in [1.807, 2.05) is 55.2 Å². The van der Waals surface area contributed by atoms with Crippen LogP contribution in [-0.2, 0) is 17.8 Å². The average molecular weight is 431 g/mol. The zero-order chi connectivity index (χ0) is 22.7. The molecule has 1 atom stereocenters. The van der Waals surface area contributed by atoms with Gasteiger partial charge < -0.3 is 21.1 Å². The van der Waals surface area contributed by atoms with Gasteiger partial charge in [-0.25, -0.2) is 4.68 Å². The lowest BCUT2D eigenvalue weighted by molar-refractivity contribution is -0.136. The van der Waals surface area contributed by atoms with Crippen LogP contribution in [0.1, 0.15) is 34.8 Å². The fourth-order valence-corrected chi connectivity index (χ4v) is 4.15. The summed E-state index contributed by atoms with van der Waals surface area (Å²) in [6.45, 7) is 2.69. The van der Waals surface area contributed by atoms with Crippen molar-refractivity contribution in [2.45, 2.75) is 32.4 Å². The average Bonchev–Trinajstić information content (AvgIpc) is 3.07. The van der Waals surface area contributed by atoms with Crippen molar-refractivity contribution in [3.63, 3.8) is 0 Å². The molecule has 3 aromatic rings. The third kappa shape index (κ3) is 4.25. The number of anilines is 1. The summed E-state index contributed by atoms with van der Waals surface area (Å²) in [6.07, 6.45) is 3.97. The van der Waals surface area contributed by atoms with E-state index in [2.05, 4.69) is 33.1 Å². The molecule has 164 valence electrons. The first-order chi connectivity index (χ1) is 15.5. The van der Waals surface area contributed by atoms with Gasteiger partial charge in [-0.1, -0.05) is 29.5 Å². The fourth-order valence-electron chi connectivity index (χ4n) is 4.15. The minimum absolute atomic E-state index is 0.00744. The van der Waals surface area contributed by atoms with E-state index in [-0.39, 0.29) is 12.5 Å². The van der Waals surface area contributed by atoms with E-state index in [0.29, 0.717) is 0 Å². The van der Waals surface area contributed by atoms with Gasteiger partial charge in [0.1, 0.15) is 0 Å². The molecular weight excluding hydrogens is 404 g/mol. The Morgan fingerprint density at radius 2 is 2.06 bits per heavy atom. The van der Waals surface area contributed by atoms with Crippen LogP contribution in [0.5, 0.6) is 0 Å². The second-order valence-electron chi connectivity index (χ2n) is 7.83. The summed E-state index contributed by atoms with van der Waals surface area (Å²) in [4.78, 5) is 11.0. The largest absolute Gasteiger partial charge is 0.481 e. The predicted octanol–water partition coefficient (Wildman–Crippen LogP) is 3.65. The molecule has 0 saturated carbocycles. The van der Waals surface area contributed by atoms with Crippen LogP contribution in [0.3, 0.4) is 0 Å². The Hall–Kier alpha value is -3.94. The van der Waals surface area contributed by atoms with E-state index < -0.39 is 5.97 Å². The van der Waals surface area contributed by atoms with Crippen molar-refractivity contribution in [3.8, 4) is 11.3 Å². The lowest BCUT2D eigenvalue weighted by Crippen LogP contribution is -2.13. The first-order valence-corrected chi connectivity index (χ1v) is 10.5. The van der Waals surface area contributed by atoms with Gasteiger partial charge in [0.05, 0.1) is 23.9 Å². The lowest BCUT2D eigenvalue weighted by atomic mass is 9.92. The number of carboxylic acids is 1. The summed E-state index contributed by atoms with van der Waals surface area (Å²) in [5.41, 5.74) is 7.52. The molecule has 1 unspecified atom stereocenters. The zero-order valence-corrected chi connectivity index (χ0v) is 18.1. The molecule has 1 aliphatic rings. The van der Waals surface area contributed by atoms with Gasteiger partial charge in [-0.2, -0.15) is 0 Å². The van der Waals surface area contributed by atoms with Crippen LogP contribution < -0.4 is 10.6 Å². The number of fused-ring (bicyclic) bond motifs is 3. The highest BCUT2D eigenvalue weighted by Gasteiger charge is 2.25. The SMILES string of the molecule is CN/C=C(\C=N)c1ccc2c(c1)C(Nc1ccc(CC(=O)O)cc1)CCn1nnc(C)c1-2. The van der Waals surface area contributed by atoms with Crippen molar-refractivity contribution < 1.29 is 9.90 Å². The molecule has 0 bridgehead atoms. The van der Waals surface area contributed by atoms with E-state index >= 15 is 0 Å². The Kier molecular flexibility index (Phi) is 6.02. The Labute approximate surface area is 186 Å². The molecule has 2 aromatic carbocycles. The Morgan fingerprint density at radius 3 is 2.75 bits per heavy atom. The van der Waals surface area contributed by atoms with Gasteiger partial charge in [-0.15, -0.1) is 5.10 Å². The molecule has 8 nitrogen and oxygen atoms in total. The van der Waals surface area contributed by atoms with Crippen molar-refractivity contribution >= 4 is 23.4 Å². The number of rotatable bonds is 7. The topological polar surface area (TPSA) is 116 Å². The number of hydrogen-bond donors (Lipinski definition) is 4. The van der Waals surface area contributed by atoms with E-state index in [0.717, 1.165) is 57.9 Å². The number of allylic oxidation sites excluding steroid dienone is 1. The second-order valence-corrected chi connectivity index (χ2v) is 7.83. The Morgan fingerprint density at radius 1 is 1.28 bits per heavy atom. The van der Waals surface area contributed by atoms with Gasteiger partial charge in [0.2, 0.25) is 0 Å². The summed E-state index contributed by atoms with van der Waals surface area (Å²) in [6, 6.07) is 13.8. The van der Waals surface area contributed by atoms with Gasteiger partial charge >= 0.3 is 5.97 Å². The van der Waals surface area contributed by atoms with Crippen LogP contribution in [0, 0.1) is 12.3 Å². The molecule has 0 amide bonds. The number of carbonyl (C=O) groups is 1. The predicted molar refractivity (Wildman–Crippen MR) is 125 cm³/mol. The molecule has 4 rings (SSSR count). The van der Waals surface area contributed by atoms with Gasteiger partial charge in [0, 0.05) is 42.8 Å². The Bertz CT molecular complexity index is 1180. The summed E-state index contributed by atoms with van der Waals surface area (Å²) in [5, 5.41) is 32.0. The number of aliphatic carboxylic acids is 1. The van der Waals surface area contributed by atoms with Crippen LogP contribution in [0.4, 0.5) is 5.69 Å².